The van der Waals surface area contributed by atoms with E-state index < -0.39 is 6.10 Å². The van der Waals surface area contributed by atoms with Gasteiger partial charge in [0.2, 0.25) is 5.95 Å². The van der Waals surface area contributed by atoms with Crippen molar-refractivity contribution in [3.05, 3.63) is 65.6 Å². The van der Waals surface area contributed by atoms with Crippen LogP contribution in [0.15, 0.2) is 34.4 Å². The lowest BCUT2D eigenvalue weighted by atomic mass is 10.0. The Labute approximate surface area is 175 Å². The Morgan fingerprint density at radius 2 is 2.14 bits per heavy atom. The van der Waals surface area contributed by atoms with E-state index in [1.165, 1.54) is 21.5 Å². The number of aliphatic hydroxyl groups is 1. The van der Waals surface area contributed by atoms with Crippen molar-refractivity contribution in [2.75, 3.05) is 18.0 Å². The summed E-state index contributed by atoms with van der Waals surface area (Å²) in [7, 11) is 0. The van der Waals surface area contributed by atoms with Gasteiger partial charge in [-0.05, 0) is 48.6 Å². The van der Waals surface area contributed by atoms with E-state index in [2.05, 4.69) is 21.4 Å². The van der Waals surface area contributed by atoms with E-state index in [4.69, 9.17) is 11.6 Å². The van der Waals surface area contributed by atoms with Gasteiger partial charge >= 0.3 is 5.69 Å². The van der Waals surface area contributed by atoms with E-state index in [0.717, 1.165) is 15.3 Å². The minimum atomic E-state index is -0.647. The Morgan fingerprint density at radius 1 is 1.32 bits per heavy atom. The first-order valence-corrected chi connectivity index (χ1v) is 10.9. The number of nitrogens with zero attached hydrogens (tertiary/aromatic N) is 4. The molecule has 1 atom stereocenters. The van der Waals surface area contributed by atoms with Crippen LogP contribution in [-0.4, -0.2) is 38.8 Å². The summed E-state index contributed by atoms with van der Waals surface area (Å²) in [6, 6.07) is 5.78. The van der Waals surface area contributed by atoms with Crippen molar-refractivity contribution in [1.82, 2.24) is 14.5 Å². The highest BCUT2D eigenvalue weighted by Crippen LogP contribution is 2.29. The molecule has 0 saturated heterocycles. The number of aryl methyl sites for hydroxylation is 2. The molecule has 0 amide bonds. The molecule has 28 heavy (non-hydrogen) atoms. The zero-order valence-electron chi connectivity index (χ0n) is 15.4. The smallest absolute Gasteiger partial charge is 0.352 e. The highest BCUT2D eigenvalue weighted by Gasteiger charge is 2.25. The van der Waals surface area contributed by atoms with Crippen molar-refractivity contribution in [1.29, 1.82) is 0 Å². The largest absolute Gasteiger partial charge is 0.387 e. The lowest BCUT2D eigenvalue weighted by Crippen LogP contribution is -2.40. The molecule has 9 heteroatoms. The molecule has 146 valence electrons. The van der Waals surface area contributed by atoms with E-state index in [1.54, 1.807) is 18.3 Å². The number of aliphatic hydroxyl groups excluding tert-OH is 1. The van der Waals surface area contributed by atoms with Crippen LogP contribution in [-0.2, 0) is 6.54 Å². The first kappa shape index (κ1) is 19.3. The average Bonchev–Trinajstić information content (AvgIpc) is 3.26. The van der Waals surface area contributed by atoms with Crippen molar-refractivity contribution in [3.8, 4) is 0 Å². The summed E-state index contributed by atoms with van der Waals surface area (Å²) in [6.45, 7) is 5.13. The predicted molar refractivity (Wildman–Crippen MR) is 115 cm³/mol. The second-order valence-electron chi connectivity index (χ2n) is 6.71. The van der Waals surface area contributed by atoms with Gasteiger partial charge in [0.15, 0.2) is 0 Å². The van der Waals surface area contributed by atoms with Crippen LogP contribution in [0.25, 0.3) is 5.57 Å². The van der Waals surface area contributed by atoms with Crippen LogP contribution >= 0.6 is 34.3 Å². The topological polar surface area (TPSA) is 71.2 Å². The molecular formula is C19H19ClN4O2S2. The van der Waals surface area contributed by atoms with Crippen LogP contribution in [0.2, 0.25) is 4.34 Å². The average molecular weight is 435 g/mol. The molecule has 0 spiro atoms. The Morgan fingerprint density at radius 3 is 2.75 bits per heavy atom. The Balaban J connectivity index is 1.57. The maximum Gasteiger partial charge on any atom is 0.352 e. The second-order valence-corrected chi connectivity index (χ2v) is 9.42. The number of rotatable bonds is 4. The van der Waals surface area contributed by atoms with Gasteiger partial charge in [-0.3, -0.25) is 4.57 Å². The van der Waals surface area contributed by atoms with Crippen molar-refractivity contribution in [2.24, 2.45) is 0 Å². The molecule has 0 aliphatic carbocycles. The van der Waals surface area contributed by atoms with E-state index in [9.17, 15) is 9.90 Å². The van der Waals surface area contributed by atoms with Gasteiger partial charge in [-0.15, -0.1) is 22.7 Å². The quantitative estimate of drug-likeness (QED) is 0.681. The molecule has 0 bridgehead atoms. The second kappa shape index (κ2) is 7.79. The number of β-amino-alcohol motifs (C(OH)–C–C–N with tert-alkyl or cyclic N) is 1. The van der Waals surface area contributed by atoms with Gasteiger partial charge in [0.1, 0.15) is 5.82 Å². The highest BCUT2D eigenvalue weighted by molar-refractivity contribution is 7.16. The predicted octanol–water partition coefficient (Wildman–Crippen LogP) is 3.34. The van der Waals surface area contributed by atoms with E-state index >= 15 is 0 Å². The first-order valence-electron chi connectivity index (χ1n) is 8.79. The molecular weight excluding hydrogens is 416 g/mol. The van der Waals surface area contributed by atoms with Crippen LogP contribution in [0.1, 0.15) is 21.1 Å². The number of anilines is 1. The standard InChI is InChI=1S/C19H19ClN4O2S2/c1-11-7-16(27-10-11)14-5-6-23(9-15(14)25)18-21-12(2)24(19(26)22-18)8-13-3-4-17(20)28-13/h3-5,7,10,15,25H,6,8-9H2,1-2H3/t15-/m0/s1. The molecule has 1 aliphatic heterocycles. The molecule has 4 rings (SSSR count). The first-order chi connectivity index (χ1) is 13.4. The molecule has 1 N–H and O–H groups in total. The van der Waals surface area contributed by atoms with E-state index in [1.807, 2.05) is 30.0 Å². The highest BCUT2D eigenvalue weighted by atomic mass is 35.5. The van der Waals surface area contributed by atoms with E-state index in [0.29, 0.717) is 35.7 Å². The van der Waals surface area contributed by atoms with Crippen LogP contribution in [0.5, 0.6) is 0 Å². The van der Waals surface area contributed by atoms with Gasteiger partial charge in [-0.1, -0.05) is 17.7 Å². The van der Waals surface area contributed by atoms with Crippen molar-refractivity contribution in [3.63, 3.8) is 0 Å². The number of hydrogen-bond donors (Lipinski definition) is 1. The summed E-state index contributed by atoms with van der Waals surface area (Å²) in [5.74, 6) is 0.928. The Bertz CT molecular complexity index is 1100. The number of hydrogen-bond acceptors (Lipinski definition) is 7. The number of aromatic nitrogens is 3. The van der Waals surface area contributed by atoms with Gasteiger partial charge < -0.3 is 10.0 Å². The van der Waals surface area contributed by atoms with Crippen molar-refractivity contribution in [2.45, 2.75) is 26.5 Å². The lowest BCUT2D eigenvalue weighted by molar-refractivity contribution is 0.233. The fourth-order valence-corrected chi connectivity index (χ4v) is 5.23. The fraction of sp³-hybridized carbons (Fsp3) is 0.316. The maximum absolute atomic E-state index is 12.6. The fourth-order valence-electron chi connectivity index (χ4n) is 3.17. The van der Waals surface area contributed by atoms with Gasteiger partial charge in [-0.25, -0.2) is 4.79 Å². The summed E-state index contributed by atoms with van der Waals surface area (Å²) in [6.07, 6.45) is 1.34. The SMILES string of the molecule is Cc1csc(C2=CCN(c3nc(C)n(Cc4ccc(Cl)s4)c(=O)n3)C[C@@H]2O)c1. The zero-order valence-corrected chi connectivity index (χ0v) is 17.8. The third-order valence-corrected chi connectivity index (χ3v) is 6.92. The third kappa shape index (κ3) is 3.91. The summed E-state index contributed by atoms with van der Waals surface area (Å²) >= 11 is 9.03. The van der Waals surface area contributed by atoms with Gasteiger partial charge in [0.25, 0.3) is 0 Å². The van der Waals surface area contributed by atoms with Crippen molar-refractivity contribution < 1.29 is 5.11 Å². The van der Waals surface area contributed by atoms with Crippen LogP contribution < -0.4 is 10.6 Å². The molecule has 6 nitrogen and oxygen atoms in total. The van der Waals surface area contributed by atoms with Gasteiger partial charge in [-0.2, -0.15) is 9.97 Å². The van der Waals surface area contributed by atoms with Crippen LogP contribution in [0, 0.1) is 13.8 Å². The number of thiophene rings is 2. The van der Waals surface area contributed by atoms with Crippen molar-refractivity contribution >= 4 is 45.8 Å². The maximum atomic E-state index is 12.6. The van der Waals surface area contributed by atoms with Crippen LogP contribution in [0.4, 0.5) is 5.95 Å². The molecule has 0 unspecified atom stereocenters. The Kier molecular flexibility index (Phi) is 5.37. The molecule has 3 aromatic rings. The van der Waals surface area contributed by atoms with E-state index in [-0.39, 0.29) is 5.69 Å². The van der Waals surface area contributed by atoms with Gasteiger partial charge in [0.05, 0.1) is 23.5 Å². The molecule has 1 aliphatic rings. The third-order valence-electron chi connectivity index (χ3n) is 4.60. The molecule has 0 aromatic carbocycles. The monoisotopic (exact) mass is 434 g/mol. The normalized spacial score (nSPS) is 17.1. The Hall–Kier alpha value is -2.00. The lowest BCUT2D eigenvalue weighted by Gasteiger charge is -2.30. The van der Waals surface area contributed by atoms with Crippen LogP contribution in [0.3, 0.4) is 0 Å². The summed E-state index contributed by atoms with van der Waals surface area (Å²) < 4.78 is 2.21. The minimum absolute atomic E-state index is 0.347. The molecule has 0 radical (unpaired) electrons. The molecule has 0 saturated carbocycles. The zero-order chi connectivity index (χ0) is 19.8. The molecule has 4 heterocycles. The molecule has 0 fully saturated rings. The summed E-state index contributed by atoms with van der Waals surface area (Å²) in [5.41, 5.74) is 1.75. The van der Waals surface area contributed by atoms with Gasteiger partial charge in [0, 0.05) is 16.3 Å². The summed E-state index contributed by atoms with van der Waals surface area (Å²) in [4.78, 5) is 25.1. The minimum Gasteiger partial charge on any atom is -0.387 e. The molecule has 3 aromatic heterocycles. The number of halogens is 1. The summed E-state index contributed by atoms with van der Waals surface area (Å²) in [5, 5.41) is 12.7.